The van der Waals surface area contributed by atoms with Crippen LogP contribution in [0.25, 0.3) is 11.0 Å². The molecular weight excluding hydrogens is 320 g/mol. The van der Waals surface area contributed by atoms with Crippen LogP contribution >= 0.6 is 11.3 Å². The van der Waals surface area contributed by atoms with Gasteiger partial charge in [0.1, 0.15) is 10.8 Å². The van der Waals surface area contributed by atoms with Crippen LogP contribution < -0.4 is 5.32 Å². The van der Waals surface area contributed by atoms with E-state index < -0.39 is 0 Å². The lowest BCUT2D eigenvalue weighted by molar-refractivity contribution is -0.121. The summed E-state index contributed by atoms with van der Waals surface area (Å²) in [5.41, 5.74) is 3.92. The molecule has 6 heteroatoms. The molecule has 0 aliphatic heterocycles. The molecule has 2 aromatic heterocycles. The van der Waals surface area contributed by atoms with Gasteiger partial charge in [-0.05, 0) is 44.9 Å². The molecular formula is C18H22N4OS. The lowest BCUT2D eigenvalue weighted by Gasteiger charge is -2.14. The molecule has 0 fully saturated rings. The van der Waals surface area contributed by atoms with E-state index in [1.54, 1.807) is 11.3 Å². The molecule has 0 radical (unpaired) electrons. The van der Waals surface area contributed by atoms with Crippen LogP contribution in [0.1, 0.15) is 46.4 Å². The minimum atomic E-state index is -0.0203. The maximum Gasteiger partial charge on any atom is 0.224 e. The molecule has 5 nitrogen and oxygen atoms in total. The lowest BCUT2D eigenvalue weighted by Crippen LogP contribution is -2.29. The van der Waals surface area contributed by atoms with Gasteiger partial charge in [0.25, 0.3) is 0 Å². The van der Waals surface area contributed by atoms with Crippen LogP contribution in [0, 0.1) is 20.8 Å². The van der Waals surface area contributed by atoms with E-state index in [-0.39, 0.29) is 11.9 Å². The SMILES string of the molecule is CC[C@@H](NC(=O)Cc1ccc2nc(C)[nH]c2c1)c1nc(C)c(C)s1. The molecule has 0 spiro atoms. The minimum Gasteiger partial charge on any atom is -0.347 e. The van der Waals surface area contributed by atoms with Gasteiger partial charge in [0, 0.05) is 4.88 Å². The van der Waals surface area contributed by atoms with Crippen molar-refractivity contribution in [3.05, 3.63) is 45.2 Å². The smallest absolute Gasteiger partial charge is 0.224 e. The number of carbonyl (C=O) groups is 1. The summed E-state index contributed by atoms with van der Waals surface area (Å²) in [5, 5.41) is 4.10. The van der Waals surface area contributed by atoms with Crippen LogP contribution in [0.15, 0.2) is 18.2 Å². The average molecular weight is 342 g/mol. The highest BCUT2D eigenvalue weighted by atomic mass is 32.1. The highest BCUT2D eigenvalue weighted by Crippen LogP contribution is 2.25. The number of hydrogen-bond acceptors (Lipinski definition) is 4. The Kier molecular flexibility index (Phi) is 4.66. The van der Waals surface area contributed by atoms with Crippen molar-refractivity contribution in [3.63, 3.8) is 0 Å². The number of carbonyl (C=O) groups excluding carboxylic acids is 1. The fourth-order valence-electron chi connectivity index (χ4n) is 2.71. The third-order valence-electron chi connectivity index (χ3n) is 4.12. The summed E-state index contributed by atoms with van der Waals surface area (Å²) < 4.78 is 0. The van der Waals surface area contributed by atoms with Crippen LogP contribution in [-0.2, 0) is 11.2 Å². The Morgan fingerprint density at radius 3 is 2.75 bits per heavy atom. The van der Waals surface area contributed by atoms with Gasteiger partial charge in [-0.15, -0.1) is 11.3 Å². The number of amides is 1. The second-order valence-electron chi connectivity index (χ2n) is 6.07. The molecule has 0 aliphatic carbocycles. The number of imidazole rings is 1. The van der Waals surface area contributed by atoms with Gasteiger partial charge in [-0.3, -0.25) is 4.79 Å². The Morgan fingerprint density at radius 1 is 1.29 bits per heavy atom. The number of nitrogens with zero attached hydrogens (tertiary/aromatic N) is 2. The maximum absolute atomic E-state index is 12.4. The van der Waals surface area contributed by atoms with Crippen molar-refractivity contribution in [3.8, 4) is 0 Å². The summed E-state index contributed by atoms with van der Waals surface area (Å²) in [6.07, 6.45) is 1.19. The average Bonchev–Trinajstić information content (AvgIpc) is 3.06. The fraction of sp³-hybridized carbons (Fsp3) is 0.389. The maximum atomic E-state index is 12.4. The van der Waals surface area contributed by atoms with Crippen LogP contribution in [0.2, 0.25) is 0 Å². The molecule has 1 amide bonds. The number of aryl methyl sites for hydroxylation is 3. The summed E-state index contributed by atoms with van der Waals surface area (Å²) in [6.45, 7) is 8.06. The number of H-pyrrole nitrogens is 1. The zero-order chi connectivity index (χ0) is 17.3. The number of nitrogens with one attached hydrogen (secondary N) is 2. The van der Waals surface area contributed by atoms with Crippen LogP contribution in [0.3, 0.4) is 0 Å². The molecule has 0 saturated carbocycles. The molecule has 24 heavy (non-hydrogen) atoms. The molecule has 1 atom stereocenters. The first-order valence-electron chi connectivity index (χ1n) is 8.14. The van der Waals surface area contributed by atoms with Gasteiger partial charge < -0.3 is 10.3 Å². The van der Waals surface area contributed by atoms with Gasteiger partial charge in [0.15, 0.2) is 0 Å². The Morgan fingerprint density at radius 2 is 2.08 bits per heavy atom. The Labute approximate surface area is 145 Å². The molecule has 0 aliphatic rings. The predicted octanol–water partition coefficient (Wildman–Crippen LogP) is 3.75. The van der Waals surface area contributed by atoms with Gasteiger partial charge in [0.05, 0.1) is 29.2 Å². The first-order chi connectivity index (χ1) is 11.5. The van der Waals surface area contributed by atoms with Crippen molar-refractivity contribution < 1.29 is 4.79 Å². The number of thiazole rings is 1. The topological polar surface area (TPSA) is 70.7 Å². The highest BCUT2D eigenvalue weighted by molar-refractivity contribution is 7.11. The first kappa shape index (κ1) is 16.6. The van der Waals surface area contributed by atoms with E-state index in [0.29, 0.717) is 6.42 Å². The van der Waals surface area contributed by atoms with E-state index in [1.807, 2.05) is 32.0 Å². The Hall–Kier alpha value is -2.21. The number of hydrogen-bond donors (Lipinski definition) is 2. The first-order valence-corrected chi connectivity index (χ1v) is 8.96. The quantitative estimate of drug-likeness (QED) is 0.742. The van der Waals surface area contributed by atoms with Crippen molar-refractivity contribution in [2.24, 2.45) is 0 Å². The van der Waals surface area contributed by atoms with E-state index in [1.165, 1.54) is 4.88 Å². The van der Waals surface area contributed by atoms with Crippen LogP contribution in [0.5, 0.6) is 0 Å². The molecule has 0 saturated heterocycles. The molecule has 2 heterocycles. The van der Waals surface area contributed by atoms with Crippen LogP contribution in [-0.4, -0.2) is 20.9 Å². The van der Waals surface area contributed by atoms with Crippen molar-refractivity contribution in [1.29, 1.82) is 0 Å². The van der Waals surface area contributed by atoms with Crippen molar-refractivity contribution in [2.45, 2.75) is 46.6 Å². The molecule has 126 valence electrons. The predicted molar refractivity (Wildman–Crippen MR) is 97.3 cm³/mol. The summed E-state index contributed by atoms with van der Waals surface area (Å²) >= 11 is 1.66. The van der Waals surface area contributed by atoms with Crippen molar-refractivity contribution in [2.75, 3.05) is 0 Å². The van der Waals surface area contributed by atoms with Crippen LogP contribution in [0.4, 0.5) is 0 Å². The molecule has 3 rings (SSSR count). The summed E-state index contributed by atoms with van der Waals surface area (Å²) in [7, 11) is 0. The van der Waals surface area contributed by atoms with E-state index in [2.05, 4.69) is 34.1 Å². The summed E-state index contributed by atoms with van der Waals surface area (Å²) in [5.74, 6) is 0.898. The van der Waals surface area contributed by atoms with Gasteiger partial charge in [-0.2, -0.15) is 0 Å². The van der Waals surface area contributed by atoms with E-state index in [9.17, 15) is 4.79 Å². The van der Waals surface area contributed by atoms with E-state index in [4.69, 9.17) is 0 Å². The molecule has 0 unspecified atom stereocenters. The van der Waals surface area contributed by atoms with Gasteiger partial charge in [-0.1, -0.05) is 13.0 Å². The lowest BCUT2D eigenvalue weighted by atomic mass is 10.1. The summed E-state index contributed by atoms with van der Waals surface area (Å²) in [6, 6.07) is 5.88. The normalized spacial score (nSPS) is 12.5. The zero-order valence-electron chi connectivity index (χ0n) is 14.4. The van der Waals surface area contributed by atoms with E-state index >= 15 is 0 Å². The second kappa shape index (κ2) is 6.73. The van der Waals surface area contributed by atoms with Gasteiger partial charge in [-0.25, -0.2) is 9.97 Å². The van der Waals surface area contributed by atoms with Crippen molar-refractivity contribution >= 4 is 28.3 Å². The van der Waals surface area contributed by atoms with Crippen molar-refractivity contribution in [1.82, 2.24) is 20.3 Å². The number of benzene rings is 1. The molecule has 2 N–H and O–H groups in total. The number of fused-ring (bicyclic) bond motifs is 1. The monoisotopic (exact) mass is 342 g/mol. The fourth-order valence-corrected chi connectivity index (χ4v) is 3.77. The number of aromatic nitrogens is 3. The zero-order valence-corrected chi connectivity index (χ0v) is 15.3. The third kappa shape index (κ3) is 3.48. The number of aromatic amines is 1. The van der Waals surface area contributed by atoms with Gasteiger partial charge >= 0.3 is 0 Å². The highest BCUT2D eigenvalue weighted by Gasteiger charge is 2.17. The Bertz CT molecular complexity index is 861. The third-order valence-corrected chi connectivity index (χ3v) is 5.30. The molecule has 0 bridgehead atoms. The van der Waals surface area contributed by atoms with Gasteiger partial charge in [0.2, 0.25) is 5.91 Å². The standard InChI is InChI=1S/C18H22N4OS/c1-5-14(18-19-10(2)11(3)24-18)22-17(23)9-13-6-7-15-16(8-13)21-12(4)20-15/h6-8,14H,5,9H2,1-4H3,(H,20,21)(H,22,23)/t14-/m1/s1. The Balaban J connectivity index is 1.70. The van der Waals surface area contributed by atoms with E-state index in [0.717, 1.165) is 39.5 Å². The molecule has 3 aromatic rings. The number of rotatable bonds is 5. The minimum absolute atomic E-state index is 0.0166. The molecule has 1 aromatic carbocycles. The summed E-state index contributed by atoms with van der Waals surface area (Å²) in [4.78, 5) is 25.8. The largest absolute Gasteiger partial charge is 0.347 e. The second-order valence-corrected chi connectivity index (χ2v) is 7.31.